The molecule has 2 aromatic rings. The van der Waals surface area contributed by atoms with Gasteiger partial charge in [-0.15, -0.1) is 0 Å². The molecule has 1 N–H and O–H groups in total. The molecule has 0 radical (unpaired) electrons. The van der Waals surface area contributed by atoms with Gasteiger partial charge in [0.1, 0.15) is 19.0 Å². The van der Waals surface area contributed by atoms with Crippen LogP contribution >= 0.6 is 0 Å². The highest BCUT2D eigenvalue weighted by atomic mass is 16.6. The fourth-order valence-electron chi connectivity index (χ4n) is 4.40. The van der Waals surface area contributed by atoms with Gasteiger partial charge < -0.3 is 24.4 Å². The highest BCUT2D eigenvalue weighted by Crippen LogP contribution is 2.36. The van der Waals surface area contributed by atoms with Crippen LogP contribution in [0.3, 0.4) is 0 Å². The van der Waals surface area contributed by atoms with Gasteiger partial charge in [-0.2, -0.15) is 0 Å². The Kier molecular flexibility index (Phi) is 5.18. The van der Waals surface area contributed by atoms with Gasteiger partial charge in [-0.1, -0.05) is 12.1 Å². The van der Waals surface area contributed by atoms with E-state index in [0.717, 1.165) is 36.4 Å². The minimum absolute atomic E-state index is 0.0598. The quantitative estimate of drug-likeness (QED) is 0.820. The van der Waals surface area contributed by atoms with Crippen molar-refractivity contribution in [1.29, 1.82) is 0 Å². The molecule has 0 saturated carbocycles. The van der Waals surface area contributed by atoms with Gasteiger partial charge in [-0.05, 0) is 49.1 Å². The Bertz CT molecular complexity index is 1020. The lowest BCUT2D eigenvalue weighted by Crippen LogP contribution is -2.34. The fourth-order valence-corrected chi connectivity index (χ4v) is 4.40. The second-order valence-corrected chi connectivity index (χ2v) is 8.28. The largest absolute Gasteiger partial charge is 0.493 e. The van der Waals surface area contributed by atoms with Crippen molar-refractivity contribution in [3.8, 4) is 17.2 Å². The molecular weight excluding hydrogens is 396 g/mol. The summed E-state index contributed by atoms with van der Waals surface area (Å²) in [6.07, 6.45) is 2.20. The van der Waals surface area contributed by atoms with E-state index in [0.29, 0.717) is 31.3 Å². The third-order valence-electron chi connectivity index (χ3n) is 6.12. The van der Waals surface area contributed by atoms with Gasteiger partial charge in [0.15, 0.2) is 11.5 Å². The number of carbonyl (C=O) groups is 2. The monoisotopic (exact) mass is 422 g/mol. The molecule has 31 heavy (non-hydrogen) atoms. The van der Waals surface area contributed by atoms with E-state index in [2.05, 4.69) is 11.4 Å². The minimum Gasteiger partial charge on any atom is -0.493 e. The molecule has 5 rings (SSSR count). The van der Waals surface area contributed by atoms with Gasteiger partial charge in [0.25, 0.3) is 0 Å². The summed E-state index contributed by atoms with van der Waals surface area (Å²) in [6.45, 7) is 4.09. The third-order valence-corrected chi connectivity index (χ3v) is 6.12. The number of amides is 2. The number of hydrogen-bond donors (Lipinski definition) is 1. The lowest BCUT2D eigenvalue weighted by molar-refractivity contribution is -0.126. The van der Waals surface area contributed by atoms with Crippen LogP contribution in [0.15, 0.2) is 36.4 Å². The Balaban J connectivity index is 1.25. The van der Waals surface area contributed by atoms with Crippen molar-refractivity contribution in [1.82, 2.24) is 5.32 Å². The number of nitrogens with zero attached hydrogens (tertiary/aromatic N) is 1. The smallest absolute Gasteiger partial charge is 0.227 e. The minimum atomic E-state index is -0.385. The van der Waals surface area contributed by atoms with Crippen molar-refractivity contribution < 1.29 is 23.8 Å². The molecule has 0 spiro atoms. The second-order valence-electron chi connectivity index (χ2n) is 8.28. The molecule has 3 heterocycles. The third kappa shape index (κ3) is 3.92. The number of rotatable bonds is 4. The van der Waals surface area contributed by atoms with Gasteiger partial charge in [0.05, 0.1) is 18.6 Å². The Morgan fingerprint density at radius 1 is 1.03 bits per heavy atom. The van der Waals surface area contributed by atoms with Crippen LogP contribution in [0.2, 0.25) is 0 Å². The molecule has 2 atom stereocenters. The molecule has 1 fully saturated rings. The summed E-state index contributed by atoms with van der Waals surface area (Å²) >= 11 is 0. The summed E-state index contributed by atoms with van der Waals surface area (Å²) in [6, 6.07) is 11.4. The van der Waals surface area contributed by atoms with Crippen molar-refractivity contribution in [2.45, 2.75) is 32.2 Å². The van der Waals surface area contributed by atoms with E-state index in [9.17, 15) is 9.59 Å². The topological polar surface area (TPSA) is 77.1 Å². The first-order chi connectivity index (χ1) is 15.1. The van der Waals surface area contributed by atoms with Crippen LogP contribution in [0.25, 0.3) is 0 Å². The molecule has 7 nitrogen and oxygen atoms in total. The zero-order valence-corrected chi connectivity index (χ0v) is 17.6. The predicted octanol–water partition coefficient (Wildman–Crippen LogP) is 3.01. The zero-order valence-electron chi connectivity index (χ0n) is 17.6. The number of aryl methyl sites for hydroxylation is 1. The maximum absolute atomic E-state index is 12.9. The van der Waals surface area contributed by atoms with Crippen LogP contribution < -0.4 is 24.4 Å². The molecule has 0 aromatic heterocycles. The van der Waals surface area contributed by atoms with E-state index in [1.807, 2.05) is 37.3 Å². The van der Waals surface area contributed by atoms with Crippen molar-refractivity contribution >= 4 is 17.5 Å². The average Bonchev–Trinajstić information content (AvgIpc) is 3.20. The van der Waals surface area contributed by atoms with Gasteiger partial charge in [0, 0.05) is 24.7 Å². The Morgan fingerprint density at radius 3 is 2.68 bits per heavy atom. The molecular formula is C24H26N2O5. The number of carbonyl (C=O) groups excluding carboxylic acids is 2. The zero-order chi connectivity index (χ0) is 21.4. The van der Waals surface area contributed by atoms with Crippen molar-refractivity contribution in [3.05, 3.63) is 47.5 Å². The lowest BCUT2D eigenvalue weighted by Gasteiger charge is -2.23. The molecule has 2 amide bonds. The Morgan fingerprint density at radius 2 is 1.81 bits per heavy atom. The maximum Gasteiger partial charge on any atom is 0.227 e. The van der Waals surface area contributed by atoms with Crippen LogP contribution in [-0.4, -0.2) is 38.2 Å². The number of hydrogen-bond acceptors (Lipinski definition) is 5. The molecule has 7 heteroatoms. The summed E-state index contributed by atoms with van der Waals surface area (Å²) in [7, 11) is 0. The molecule has 0 bridgehead atoms. The molecule has 3 aliphatic rings. The Labute approximate surface area is 181 Å². The number of fused-ring (bicyclic) bond motifs is 2. The van der Waals surface area contributed by atoms with Gasteiger partial charge in [-0.25, -0.2) is 0 Å². The summed E-state index contributed by atoms with van der Waals surface area (Å²) in [5.41, 5.74) is 2.96. The molecule has 0 aliphatic carbocycles. The molecule has 2 aromatic carbocycles. The molecule has 1 saturated heterocycles. The standard InChI is InChI=1S/C24H26N2O5/c1-15(16-4-6-20-17(11-16)3-2-8-29-20)25-24(28)18-12-23(27)26(14-18)19-5-7-21-22(13-19)31-10-9-30-21/h4-7,11,13,15,18H,2-3,8-10,12,14H2,1H3,(H,25,28). The number of benzene rings is 2. The van der Waals surface area contributed by atoms with Crippen LogP contribution in [0.5, 0.6) is 17.2 Å². The van der Waals surface area contributed by atoms with Gasteiger partial charge >= 0.3 is 0 Å². The average molecular weight is 422 g/mol. The van der Waals surface area contributed by atoms with Crippen molar-refractivity contribution in [2.75, 3.05) is 31.3 Å². The normalized spacial score (nSPS) is 20.6. The number of nitrogens with one attached hydrogen (secondary N) is 1. The molecule has 3 aliphatic heterocycles. The van der Waals surface area contributed by atoms with Crippen LogP contribution in [0, 0.1) is 5.92 Å². The van der Waals surface area contributed by atoms with E-state index >= 15 is 0 Å². The van der Waals surface area contributed by atoms with Gasteiger partial charge in [0.2, 0.25) is 11.8 Å². The van der Waals surface area contributed by atoms with E-state index in [-0.39, 0.29) is 30.2 Å². The fraction of sp³-hybridized carbons (Fsp3) is 0.417. The first-order valence-corrected chi connectivity index (χ1v) is 10.8. The summed E-state index contributed by atoms with van der Waals surface area (Å²) in [5.74, 6) is 1.70. The van der Waals surface area contributed by atoms with Crippen molar-refractivity contribution in [3.63, 3.8) is 0 Å². The van der Waals surface area contributed by atoms with Crippen LogP contribution in [0.4, 0.5) is 5.69 Å². The molecule has 162 valence electrons. The first-order valence-electron chi connectivity index (χ1n) is 10.8. The number of anilines is 1. The lowest BCUT2D eigenvalue weighted by atomic mass is 9.99. The summed E-state index contributed by atoms with van der Waals surface area (Å²) in [5, 5.41) is 3.08. The maximum atomic E-state index is 12.9. The van der Waals surface area contributed by atoms with Gasteiger partial charge in [-0.3, -0.25) is 9.59 Å². The van der Waals surface area contributed by atoms with E-state index in [4.69, 9.17) is 14.2 Å². The van der Waals surface area contributed by atoms with Crippen LogP contribution in [0.1, 0.15) is 36.9 Å². The highest BCUT2D eigenvalue weighted by molar-refractivity contribution is 6.00. The summed E-state index contributed by atoms with van der Waals surface area (Å²) in [4.78, 5) is 27.2. The van der Waals surface area contributed by atoms with E-state index in [1.165, 1.54) is 5.56 Å². The SMILES string of the molecule is CC(NC(=O)C1CC(=O)N(c2ccc3c(c2)OCCO3)C1)c1ccc2c(c1)CCCO2. The first kappa shape index (κ1) is 19.7. The van der Waals surface area contributed by atoms with E-state index < -0.39 is 0 Å². The number of ether oxygens (including phenoxy) is 3. The highest BCUT2D eigenvalue weighted by Gasteiger charge is 2.36. The summed E-state index contributed by atoms with van der Waals surface area (Å²) < 4.78 is 16.8. The Hall–Kier alpha value is -3.22. The predicted molar refractivity (Wildman–Crippen MR) is 115 cm³/mol. The molecule has 2 unspecified atom stereocenters. The second kappa shape index (κ2) is 8.13. The van der Waals surface area contributed by atoms with E-state index in [1.54, 1.807) is 4.90 Å². The van der Waals surface area contributed by atoms with Crippen LogP contribution in [-0.2, 0) is 16.0 Å². The van der Waals surface area contributed by atoms with Crippen molar-refractivity contribution in [2.24, 2.45) is 5.92 Å².